The number of likely N-dealkylation sites (tertiary alicyclic amines) is 1. The summed E-state index contributed by atoms with van der Waals surface area (Å²) in [6.45, 7) is 4.12. The van der Waals surface area contributed by atoms with Crippen LogP contribution in [0.15, 0.2) is 60.7 Å². The predicted octanol–water partition coefficient (Wildman–Crippen LogP) is 4.06. The molecule has 1 unspecified atom stereocenters. The molecule has 1 amide bonds. The van der Waals surface area contributed by atoms with Crippen molar-refractivity contribution in [3.63, 3.8) is 0 Å². The summed E-state index contributed by atoms with van der Waals surface area (Å²) in [5.41, 5.74) is 7.63. The van der Waals surface area contributed by atoms with Crippen LogP contribution in [0, 0.1) is 6.92 Å². The highest BCUT2D eigenvalue weighted by atomic mass is 16.3. The molecule has 5 rings (SSSR count). The van der Waals surface area contributed by atoms with Crippen LogP contribution < -0.4 is 10.6 Å². The van der Waals surface area contributed by atoms with Gasteiger partial charge in [0.1, 0.15) is 6.10 Å². The molecule has 1 saturated heterocycles. The topological polar surface area (TPSA) is 84.8 Å². The molecule has 6 nitrogen and oxygen atoms in total. The molecule has 2 aliphatic rings. The zero-order chi connectivity index (χ0) is 23.7. The van der Waals surface area contributed by atoms with Gasteiger partial charge in [0.15, 0.2) is 0 Å². The fraction of sp³-hybridized carbons (Fsp3) is 0.321. The molecular weight excluding hydrogens is 426 g/mol. The summed E-state index contributed by atoms with van der Waals surface area (Å²) in [7, 11) is 0. The molecule has 1 heterocycles. The number of amides is 1. The minimum atomic E-state index is -0.612. The van der Waals surface area contributed by atoms with Crippen molar-refractivity contribution in [2.24, 2.45) is 0 Å². The fourth-order valence-corrected chi connectivity index (χ4v) is 5.16. The maximum absolute atomic E-state index is 12.7. The van der Waals surface area contributed by atoms with Gasteiger partial charge in [0.05, 0.1) is 13.2 Å². The molecular formula is C28H31N3O3. The Morgan fingerprint density at radius 1 is 1.00 bits per heavy atom. The van der Waals surface area contributed by atoms with Gasteiger partial charge in [0.2, 0.25) is 5.91 Å². The standard InChI is InChI=1S/C28H31N3O3/c1-18-5-4-6-19(17-32)27(18)30-20-11-13-31(14-12-20)16-26(33)29-21-9-10-24-25(15-21)22-7-2-3-8-23(22)28(24)34/h2-10,15,20,28,30,32,34H,11-14,16-17H2,1H3,(H,29,33). The Labute approximate surface area is 200 Å². The first kappa shape index (κ1) is 22.6. The Hall–Kier alpha value is -3.19. The molecule has 34 heavy (non-hydrogen) atoms. The Balaban J connectivity index is 1.16. The van der Waals surface area contributed by atoms with Gasteiger partial charge in [-0.3, -0.25) is 9.69 Å². The maximum Gasteiger partial charge on any atom is 0.238 e. The van der Waals surface area contributed by atoms with Gasteiger partial charge in [-0.2, -0.15) is 0 Å². The maximum atomic E-state index is 12.7. The van der Waals surface area contributed by atoms with E-state index in [4.69, 9.17) is 0 Å². The first-order valence-corrected chi connectivity index (χ1v) is 11.9. The van der Waals surface area contributed by atoms with Gasteiger partial charge < -0.3 is 20.8 Å². The second-order valence-electron chi connectivity index (χ2n) is 9.30. The molecule has 3 aromatic carbocycles. The molecule has 1 atom stereocenters. The van der Waals surface area contributed by atoms with E-state index >= 15 is 0 Å². The molecule has 1 fully saturated rings. The molecule has 3 aromatic rings. The van der Waals surface area contributed by atoms with Gasteiger partial charge in [-0.05, 0) is 59.7 Å². The van der Waals surface area contributed by atoms with Crippen molar-refractivity contribution in [3.8, 4) is 11.1 Å². The van der Waals surface area contributed by atoms with Crippen LogP contribution in [-0.4, -0.2) is 46.7 Å². The smallest absolute Gasteiger partial charge is 0.238 e. The molecule has 1 aliphatic carbocycles. The van der Waals surface area contributed by atoms with Gasteiger partial charge in [0.25, 0.3) is 0 Å². The van der Waals surface area contributed by atoms with Gasteiger partial charge in [0, 0.05) is 36.1 Å². The van der Waals surface area contributed by atoms with Crippen molar-refractivity contribution >= 4 is 17.3 Å². The van der Waals surface area contributed by atoms with Crippen molar-refractivity contribution < 1.29 is 15.0 Å². The number of hydrogen-bond donors (Lipinski definition) is 4. The number of fused-ring (bicyclic) bond motifs is 3. The van der Waals surface area contributed by atoms with E-state index in [1.165, 1.54) is 0 Å². The lowest BCUT2D eigenvalue weighted by molar-refractivity contribution is -0.117. The zero-order valence-electron chi connectivity index (χ0n) is 19.4. The number of rotatable bonds is 6. The molecule has 0 saturated carbocycles. The van der Waals surface area contributed by atoms with Crippen LogP contribution in [0.5, 0.6) is 0 Å². The molecule has 1 aliphatic heterocycles. The van der Waals surface area contributed by atoms with Crippen LogP contribution in [0.25, 0.3) is 11.1 Å². The summed E-state index contributed by atoms with van der Waals surface area (Å²) < 4.78 is 0. The largest absolute Gasteiger partial charge is 0.392 e. The van der Waals surface area contributed by atoms with Crippen LogP contribution in [0.1, 0.15) is 41.2 Å². The summed E-state index contributed by atoms with van der Waals surface area (Å²) in [5, 5.41) is 26.9. The third-order valence-electron chi connectivity index (χ3n) is 7.01. The molecule has 0 spiro atoms. The average molecular weight is 458 g/mol. The highest BCUT2D eigenvalue weighted by Crippen LogP contribution is 2.44. The fourth-order valence-electron chi connectivity index (χ4n) is 5.16. The monoisotopic (exact) mass is 457 g/mol. The van der Waals surface area contributed by atoms with Gasteiger partial charge >= 0.3 is 0 Å². The van der Waals surface area contributed by atoms with Crippen molar-refractivity contribution in [2.45, 2.75) is 38.5 Å². The Kier molecular flexibility index (Phi) is 6.37. The number of hydrogen-bond acceptors (Lipinski definition) is 5. The lowest BCUT2D eigenvalue weighted by Gasteiger charge is -2.33. The average Bonchev–Trinajstić information content (AvgIpc) is 3.13. The van der Waals surface area contributed by atoms with Crippen molar-refractivity contribution in [1.82, 2.24) is 4.90 Å². The van der Waals surface area contributed by atoms with E-state index in [0.29, 0.717) is 12.6 Å². The number of carbonyl (C=O) groups is 1. The molecule has 0 radical (unpaired) electrons. The second-order valence-corrected chi connectivity index (χ2v) is 9.30. The van der Waals surface area contributed by atoms with E-state index in [1.807, 2.05) is 54.6 Å². The van der Waals surface area contributed by atoms with Crippen molar-refractivity contribution in [2.75, 3.05) is 30.3 Å². The molecule has 6 heteroatoms. The Bertz CT molecular complexity index is 1200. The lowest BCUT2D eigenvalue weighted by atomic mass is 10.0. The number of piperidine rings is 1. The minimum absolute atomic E-state index is 0.0241. The van der Waals surface area contributed by atoms with E-state index in [0.717, 1.165) is 70.7 Å². The van der Waals surface area contributed by atoms with Crippen LogP contribution in [0.3, 0.4) is 0 Å². The third-order valence-corrected chi connectivity index (χ3v) is 7.01. The highest BCUT2D eigenvalue weighted by Gasteiger charge is 2.27. The number of anilines is 2. The number of nitrogens with zero attached hydrogens (tertiary/aromatic N) is 1. The Morgan fingerprint density at radius 3 is 2.56 bits per heavy atom. The first-order valence-electron chi connectivity index (χ1n) is 11.9. The number of para-hydroxylation sites is 1. The third kappa shape index (κ3) is 4.44. The molecule has 0 aromatic heterocycles. The van der Waals surface area contributed by atoms with E-state index in [-0.39, 0.29) is 12.5 Å². The quantitative estimate of drug-likeness (QED) is 0.449. The highest BCUT2D eigenvalue weighted by molar-refractivity contribution is 5.93. The second kappa shape index (κ2) is 9.58. The number of aryl methyl sites for hydroxylation is 1. The number of carbonyl (C=O) groups excluding carboxylic acids is 1. The van der Waals surface area contributed by atoms with E-state index in [9.17, 15) is 15.0 Å². The summed E-state index contributed by atoms with van der Waals surface area (Å²) in [6.07, 6.45) is 1.28. The molecule has 0 bridgehead atoms. The summed E-state index contributed by atoms with van der Waals surface area (Å²) >= 11 is 0. The molecule has 176 valence electrons. The van der Waals surface area contributed by atoms with Crippen molar-refractivity contribution in [1.29, 1.82) is 0 Å². The van der Waals surface area contributed by atoms with Gasteiger partial charge in [-0.25, -0.2) is 0 Å². The van der Waals surface area contributed by atoms with E-state index in [1.54, 1.807) is 0 Å². The Morgan fingerprint density at radius 2 is 1.76 bits per heavy atom. The van der Waals surface area contributed by atoms with Gasteiger partial charge in [-0.1, -0.05) is 48.5 Å². The van der Waals surface area contributed by atoms with Crippen LogP contribution in [0.4, 0.5) is 11.4 Å². The zero-order valence-corrected chi connectivity index (χ0v) is 19.4. The number of aliphatic hydroxyl groups excluding tert-OH is 2. The lowest BCUT2D eigenvalue weighted by Crippen LogP contribution is -2.42. The van der Waals surface area contributed by atoms with E-state index in [2.05, 4.69) is 28.5 Å². The number of nitrogens with one attached hydrogen (secondary N) is 2. The number of aliphatic hydroxyl groups is 2. The van der Waals surface area contributed by atoms with Crippen LogP contribution in [0.2, 0.25) is 0 Å². The van der Waals surface area contributed by atoms with Crippen molar-refractivity contribution in [3.05, 3.63) is 82.9 Å². The summed E-state index contributed by atoms with van der Waals surface area (Å²) in [4.78, 5) is 14.9. The summed E-state index contributed by atoms with van der Waals surface area (Å²) in [6, 6.07) is 19.9. The minimum Gasteiger partial charge on any atom is -0.392 e. The normalized spacial score (nSPS) is 17.8. The van der Waals surface area contributed by atoms with Crippen LogP contribution >= 0.6 is 0 Å². The van der Waals surface area contributed by atoms with E-state index < -0.39 is 6.10 Å². The predicted molar refractivity (Wildman–Crippen MR) is 135 cm³/mol. The first-order chi connectivity index (χ1) is 16.5. The molecule has 4 N–H and O–H groups in total. The summed E-state index contributed by atoms with van der Waals surface area (Å²) in [5.74, 6) is -0.0281. The van der Waals surface area contributed by atoms with Crippen LogP contribution in [-0.2, 0) is 11.4 Å². The SMILES string of the molecule is Cc1cccc(CO)c1NC1CCN(CC(=O)Nc2ccc3c(c2)-c2ccccc2C3O)CC1. The number of benzene rings is 3. The van der Waals surface area contributed by atoms with Gasteiger partial charge in [-0.15, -0.1) is 0 Å².